The van der Waals surface area contributed by atoms with Crippen molar-refractivity contribution >= 4 is 16.8 Å². The molecule has 0 fully saturated rings. The zero-order valence-electron chi connectivity index (χ0n) is 12.9. The molecule has 0 aliphatic heterocycles. The fourth-order valence-electron chi connectivity index (χ4n) is 2.71. The van der Waals surface area contributed by atoms with Crippen molar-refractivity contribution in [3.8, 4) is 0 Å². The van der Waals surface area contributed by atoms with Gasteiger partial charge in [0.1, 0.15) is 5.82 Å². The number of carbonyl (C=O) groups excluding carboxylic acids is 1. The third-order valence-electron chi connectivity index (χ3n) is 3.80. The molecule has 1 amide bonds. The minimum absolute atomic E-state index is 0.0930. The standard InChI is InChI=1S/C17H18N4O/c1-10-15(11(2)21-12(3)20-10)9-19-17(22)14-5-4-6-16-13(14)7-8-18-16/h4-8,18H,9H2,1-3H3,(H,19,22). The van der Waals surface area contributed by atoms with Crippen molar-refractivity contribution in [2.24, 2.45) is 0 Å². The molecular formula is C17H18N4O. The number of fused-ring (bicyclic) bond motifs is 1. The summed E-state index contributed by atoms with van der Waals surface area (Å²) in [4.78, 5) is 24.3. The number of aromatic nitrogens is 3. The van der Waals surface area contributed by atoms with E-state index < -0.39 is 0 Å². The molecule has 0 atom stereocenters. The van der Waals surface area contributed by atoms with Gasteiger partial charge in [0.05, 0.1) is 0 Å². The van der Waals surface area contributed by atoms with Crippen LogP contribution in [0.15, 0.2) is 30.5 Å². The molecule has 2 aromatic heterocycles. The summed E-state index contributed by atoms with van der Waals surface area (Å²) in [6, 6.07) is 7.57. The summed E-state index contributed by atoms with van der Waals surface area (Å²) in [5.41, 5.74) is 4.41. The summed E-state index contributed by atoms with van der Waals surface area (Å²) in [6.45, 7) is 6.18. The van der Waals surface area contributed by atoms with Gasteiger partial charge in [-0.2, -0.15) is 0 Å². The van der Waals surface area contributed by atoms with Crippen molar-refractivity contribution in [2.45, 2.75) is 27.3 Å². The first-order valence-corrected chi connectivity index (χ1v) is 7.21. The van der Waals surface area contributed by atoms with E-state index in [1.807, 2.05) is 51.2 Å². The second kappa shape index (κ2) is 5.60. The van der Waals surface area contributed by atoms with E-state index in [2.05, 4.69) is 20.3 Å². The van der Waals surface area contributed by atoms with E-state index in [4.69, 9.17) is 0 Å². The van der Waals surface area contributed by atoms with E-state index in [-0.39, 0.29) is 5.91 Å². The first kappa shape index (κ1) is 14.3. The lowest BCUT2D eigenvalue weighted by Crippen LogP contribution is -2.24. The monoisotopic (exact) mass is 294 g/mol. The molecule has 112 valence electrons. The van der Waals surface area contributed by atoms with E-state index in [9.17, 15) is 4.79 Å². The Bertz CT molecular complexity index is 828. The number of carbonyl (C=O) groups is 1. The van der Waals surface area contributed by atoms with Crippen LogP contribution in [0.1, 0.15) is 33.1 Å². The van der Waals surface area contributed by atoms with Gasteiger partial charge in [-0.1, -0.05) is 6.07 Å². The highest BCUT2D eigenvalue weighted by atomic mass is 16.1. The van der Waals surface area contributed by atoms with Gasteiger partial charge in [-0.3, -0.25) is 4.79 Å². The molecule has 3 rings (SSSR count). The molecule has 0 saturated carbocycles. The zero-order chi connectivity index (χ0) is 15.7. The fraction of sp³-hybridized carbons (Fsp3) is 0.235. The van der Waals surface area contributed by atoms with Crippen LogP contribution in [0.4, 0.5) is 0 Å². The predicted octanol–water partition coefficient (Wildman–Crippen LogP) is 2.81. The van der Waals surface area contributed by atoms with Gasteiger partial charge in [-0.15, -0.1) is 0 Å². The number of nitrogens with zero attached hydrogens (tertiary/aromatic N) is 2. The molecule has 0 saturated heterocycles. The largest absolute Gasteiger partial charge is 0.361 e. The predicted molar refractivity (Wildman–Crippen MR) is 85.7 cm³/mol. The van der Waals surface area contributed by atoms with Crippen LogP contribution in [0.25, 0.3) is 10.9 Å². The quantitative estimate of drug-likeness (QED) is 0.780. The lowest BCUT2D eigenvalue weighted by atomic mass is 10.1. The second-order valence-electron chi connectivity index (χ2n) is 5.35. The molecule has 0 aliphatic carbocycles. The SMILES string of the molecule is Cc1nc(C)c(CNC(=O)c2cccc3[nH]ccc23)c(C)n1. The highest BCUT2D eigenvalue weighted by Crippen LogP contribution is 2.17. The molecule has 3 aromatic rings. The van der Waals surface area contributed by atoms with Crippen molar-refractivity contribution in [3.05, 3.63) is 58.8 Å². The molecule has 22 heavy (non-hydrogen) atoms. The molecule has 0 unspecified atom stereocenters. The summed E-state index contributed by atoms with van der Waals surface area (Å²) >= 11 is 0. The summed E-state index contributed by atoms with van der Waals surface area (Å²) in [7, 11) is 0. The van der Waals surface area contributed by atoms with Crippen LogP contribution < -0.4 is 5.32 Å². The molecule has 5 heteroatoms. The van der Waals surface area contributed by atoms with Crippen LogP contribution in [-0.2, 0) is 6.54 Å². The van der Waals surface area contributed by atoms with E-state index in [0.717, 1.165) is 33.7 Å². The third-order valence-corrected chi connectivity index (χ3v) is 3.80. The van der Waals surface area contributed by atoms with Crippen molar-refractivity contribution in [2.75, 3.05) is 0 Å². The van der Waals surface area contributed by atoms with E-state index in [0.29, 0.717) is 12.1 Å². The minimum Gasteiger partial charge on any atom is -0.361 e. The molecule has 0 spiro atoms. The van der Waals surface area contributed by atoms with Gasteiger partial charge >= 0.3 is 0 Å². The summed E-state index contributed by atoms with van der Waals surface area (Å²) in [5, 5.41) is 3.89. The smallest absolute Gasteiger partial charge is 0.252 e. The molecule has 2 heterocycles. The zero-order valence-corrected chi connectivity index (χ0v) is 12.9. The van der Waals surface area contributed by atoms with Crippen molar-refractivity contribution < 1.29 is 4.79 Å². The number of rotatable bonds is 3. The molecule has 2 N–H and O–H groups in total. The van der Waals surface area contributed by atoms with Crippen LogP contribution >= 0.6 is 0 Å². The number of hydrogen-bond donors (Lipinski definition) is 2. The van der Waals surface area contributed by atoms with E-state index in [1.54, 1.807) is 0 Å². The van der Waals surface area contributed by atoms with Gasteiger partial charge in [-0.05, 0) is 39.0 Å². The van der Waals surface area contributed by atoms with Crippen molar-refractivity contribution in [1.29, 1.82) is 0 Å². The topological polar surface area (TPSA) is 70.7 Å². The Hall–Kier alpha value is -2.69. The molecule has 0 bridgehead atoms. The first-order valence-electron chi connectivity index (χ1n) is 7.21. The van der Waals surface area contributed by atoms with Gasteiger partial charge < -0.3 is 10.3 Å². The maximum Gasteiger partial charge on any atom is 0.252 e. The maximum atomic E-state index is 12.5. The van der Waals surface area contributed by atoms with Crippen LogP contribution in [0.3, 0.4) is 0 Å². The lowest BCUT2D eigenvalue weighted by molar-refractivity contribution is 0.0952. The Morgan fingerprint density at radius 2 is 1.86 bits per heavy atom. The van der Waals surface area contributed by atoms with Gasteiger partial charge in [-0.25, -0.2) is 9.97 Å². The summed E-state index contributed by atoms with van der Waals surface area (Å²) < 4.78 is 0. The number of H-pyrrole nitrogens is 1. The van der Waals surface area contributed by atoms with Crippen molar-refractivity contribution in [3.63, 3.8) is 0 Å². The van der Waals surface area contributed by atoms with E-state index in [1.165, 1.54) is 0 Å². The third kappa shape index (κ3) is 2.57. The van der Waals surface area contributed by atoms with Crippen LogP contribution in [0.5, 0.6) is 0 Å². The molecule has 0 aliphatic rings. The number of aromatic amines is 1. The Morgan fingerprint density at radius 3 is 2.59 bits per heavy atom. The van der Waals surface area contributed by atoms with Gasteiger partial charge in [0.2, 0.25) is 0 Å². The minimum atomic E-state index is -0.0930. The fourth-order valence-corrected chi connectivity index (χ4v) is 2.71. The van der Waals surface area contributed by atoms with Crippen LogP contribution in [-0.4, -0.2) is 20.9 Å². The maximum absolute atomic E-state index is 12.5. The molecule has 5 nitrogen and oxygen atoms in total. The number of benzene rings is 1. The second-order valence-corrected chi connectivity index (χ2v) is 5.35. The van der Waals surface area contributed by atoms with Gasteiger partial charge in [0, 0.05) is 46.2 Å². The van der Waals surface area contributed by atoms with Gasteiger partial charge in [0.15, 0.2) is 0 Å². The molecular weight excluding hydrogens is 276 g/mol. The normalized spacial score (nSPS) is 10.9. The van der Waals surface area contributed by atoms with Crippen LogP contribution in [0, 0.1) is 20.8 Å². The Morgan fingerprint density at radius 1 is 1.14 bits per heavy atom. The summed E-state index contributed by atoms with van der Waals surface area (Å²) in [5.74, 6) is 0.659. The average Bonchev–Trinajstić information content (AvgIpc) is 2.94. The summed E-state index contributed by atoms with van der Waals surface area (Å²) in [6.07, 6.45) is 1.84. The lowest BCUT2D eigenvalue weighted by Gasteiger charge is -2.11. The number of aryl methyl sites for hydroxylation is 3. The number of hydrogen-bond acceptors (Lipinski definition) is 3. The van der Waals surface area contributed by atoms with Crippen molar-refractivity contribution in [1.82, 2.24) is 20.3 Å². The number of amides is 1. The molecule has 1 aromatic carbocycles. The Labute approximate surface area is 128 Å². The highest BCUT2D eigenvalue weighted by Gasteiger charge is 2.12. The Kier molecular flexibility index (Phi) is 3.63. The van der Waals surface area contributed by atoms with E-state index >= 15 is 0 Å². The average molecular weight is 294 g/mol. The molecule has 0 radical (unpaired) electrons. The van der Waals surface area contributed by atoms with Gasteiger partial charge in [0.25, 0.3) is 5.91 Å². The van der Waals surface area contributed by atoms with Crippen LogP contribution in [0.2, 0.25) is 0 Å². The first-order chi connectivity index (χ1) is 10.6. The Balaban J connectivity index is 1.83. The highest BCUT2D eigenvalue weighted by molar-refractivity contribution is 6.06. The number of nitrogens with one attached hydrogen (secondary N) is 2.